The molecule has 100 valence electrons. The van der Waals surface area contributed by atoms with Gasteiger partial charge in [0.1, 0.15) is 12.7 Å². The fourth-order valence-corrected chi connectivity index (χ4v) is 1.55. The summed E-state index contributed by atoms with van der Waals surface area (Å²) in [6, 6.07) is 0. The molecule has 0 saturated carbocycles. The van der Waals surface area contributed by atoms with Crippen molar-refractivity contribution in [3.8, 4) is 0 Å². The van der Waals surface area contributed by atoms with Crippen LogP contribution in [0.1, 0.15) is 20.8 Å². The third-order valence-electron chi connectivity index (χ3n) is 2.35. The van der Waals surface area contributed by atoms with E-state index in [9.17, 15) is 14.9 Å². The van der Waals surface area contributed by atoms with E-state index < -0.39 is 16.4 Å². The number of aryl methyl sites for hydroxylation is 1. The first-order valence-corrected chi connectivity index (χ1v) is 5.30. The van der Waals surface area contributed by atoms with Gasteiger partial charge in [-0.3, -0.25) is 19.6 Å². The summed E-state index contributed by atoms with van der Waals surface area (Å²) in [4.78, 5) is 22.6. The maximum atomic E-state index is 10.9. The predicted molar refractivity (Wildman–Crippen MR) is 64.6 cm³/mol. The van der Waals surface area contributed by atoms with Gasteiger partial charge >= 0.3 is 11.7 Å². The molecule has 0 aliphatic carbocycles. The lowest BCUT2D eigenvalue weighted by molar-refractivity contribution is -0.384. The van der Waals surface area contributed by atoms with Gasteiger partial charge < -0.3 is 10.0 Å². The van der Waals surface area contributed by atoms with Gasteiger partial charge in [-0.2, -0.15) is 0 Å². The van der Waals surface area contributed by atoms with E-state index in [0.717, 1.165) is 0 Å². The molecule has 1 aromatic rings. The minimum absolute atomic E-state index is 0.0670. The van der Waals surface area contributed by atoms with Gasteiger partial charge in [0.25, 0.3) is 0 Å². The van der Waals surface area contributed by atoms with Crippen molar-refractivity contribution < 1.29 is 14.8 Å². The Morgan fingerprint density at radius 2 is 2.17 bits per heavy atom. The molecule has 0 saturated heterocycles. The molecule has 0 atom stereocenters. The molecule has 0 spiro atoms. The summed E-state index contributed by atoms with van der Waals surface area (Å²) >= 11 is 0. The highest BCUT2D eigenvalue weighted by Gasteiger charge is 2.32. The quantitative estimate of drug-likeness (QED) is 0.637. The third kappa shape index (κ3) is 2.96. The van der Waals surface area contributed by atoms with Crippen molar-refractivity contribution in [1.29, 1.82) is 0 Å². The number of carboxylic acids is 1. The minimum atomic E-state index is -1.06. The maximum absolute atomic E-state index is 10.9. The molecule has 0 unspecified atom stereocenters. The van der Waals surface area contributed by atoms with E-state index in [1.54, 1.807) is 27.8 Å². The zero-order valence-electron chi connectivity index (χ0n) is 10.7. The summed E-state index contributed by atoms with van der Waals surface area (Å²) in [7, 11) is 1.55. The van der Waals surface area contributed by atoms with E-state index in [4.69, 9.17) is 5.11 Å². The number of hydrogen-bond donors (Lipinski definition) is 1. The van der Waals surface area contributed by atoms with E-state index in [1.165, 1.54) is 15.8 Å². The summed E-state index contributed by atoms with van der Waals surface area (Å²) in [6.07, 6.45) is 1.26. The Morgan fingerprint density at radius 3 is 2.56 bits per heavy atom. The summed E-state index contributed by atoms with van der Waals surface area (Å²) < 4.78 is 1.30. The highest BCUT2D eigenvalue weighted by atomic mass is 16.6. The number of carboxylic acid groups (broad SMARTS) is 1. The molecule has 0 radical (unpaired) electrons. The largest absolute Gasteiger partial charge is 0.480 e. The highest BCUT2D eigenvalue weighted by molar-refractivity contribution is 5.75. The Balaban J connectivity index is 3.29. The number of hydrogen-bond acceptors (Lipinski definition) is 5. The zero-order chi connectivity index (χ0) is 14.1. The van der Waals surface area contributed by atoms with Crippen LogP contribution in [0, 0.1) is 10.1 Å². The Bertz CT molecular complexity index is 475. The topological polar surface area (TPSA) is 102 Å². The number of rotatable bonds is 4. The second kappa shape index (κ2) is 4.63. The number of aliphatic carboxylic acids is 1. The van der Waals surface area contributed by atoms with Crippen molar-refractivity contribution in [3.63, 3.8) is 0 Å². The molecular weight excluding hydrogens is 240 g/mol. The number of nitro groups is 1. The van der Waals surface area contributed by atoms with Crippen LogP contribution in [0.2, 0.25) is 0 Å². The van der Waals surface area contributed by atoms with Crippen LogP contribution in [0.5, 0.6) is 0 Å². The first kappa shape index (κ1) is 13.9. The Labute approximate surface area is 104 Å². The first-order chi connectivity index (χ1) is 8.12. The van der Waals surface area contributed by atoms with Crippen molar-refractivity contribution in [3.05, 3.63) is 16.3 Å². The van der Waals surface area contributed by atoms with Crippen molar-refractivity contribution in [2.45, 2.75) is 26.3 Å². The Hall–Kier alpha value is -2.12. The maximum Gasteiger partial charge on any atom is 0.330 e. The average molecular weight is 256 g/mol. The Kier molecular flexibility index (Phi) is 3.59. The van der Waals surface area contributed by atoms with E-state index in [-0.39, 0.29) is 18.1 Å². The van der Waals surface area contributed by atoms with Gasteiger partial charge in [0.05, 0.1) is 4.92 Å². The van der Waals surface area contributed by atoms with Crippen molar-refractivity contribution in [1.82, 2.24) is 9.78 Å². The molecule has 0 aliphatic heterocycles. The average Bonchev–Trinajstić information content (AvgIpc) is 2.54. The second-order valence-corrected chi connectivity index (χ2v) is 4.92. The molecule has 0 aromatic carbocycles. The molecular formula is C10H16N4O4. The Morgan fingerprint density at radius 1 is 1.61 bits per heavy atom. The molecule has 18 heavy (non-hydrogen) atoms. The van der Waals surface area contributed by atoms with E-state index in [0.29, 0.717) is 0 Å². The standard InChI is InChI=1S/C10H16N4O4/c1-10(2,3)13(6-8(15)16)9-7(14(17)18)5-12(4)11-9/h5H,6H2,1-4H3,(H,15,16). The monoisotopic (exact) mass is 256 g/mol. The van der Waals surface area contributed by atoms with Crippen molar-refractivity contribution in [2.24, 2.45) is 7.05 Å². The smallest absolute Gasteiger partial charge is 0.330 e. The van der Waals surface area contributed by atoms with Gasteiger partial charge in [-0.05, 0) is 20.8 Å². The molecule has 0 amide bonds. The van der Waals surface area contributed by atoms with Crippen LogP contribution >= 0.6 is 0 Å². The summed E-state index contributed by atoms with van der Waals surface area (Å²) in [6.45, 7) is 4.97. The fraction of sp³-hybridized carbons (Fsp3) is 0.600. The van der Waals surface area contributed by atoms with Crippen LogP contribution in [-0.4, -0.2) is 37.9 Å². The van der Waals surface area contributed by atoms with Crippen molar-refractivity contribution in [2.75, 3.05) is 11.4 Å². The molecule has 0 bridgehead atoms. The van der Waals surface area contributed by atoms with Gasteiger partial charge in [0, 0.05) is 12.6 Å². The lowest BCUT2D eigenvalue weighted by atomic mass is 10.1. The van der Waals surface area contributed by atoms with Crippen LogP contribution in [0.25, 0.3) is 0 Å². The zero-order valence-corrected chi connectivity index (χ0v) is 10.7. The van der Waals surface area contributed by atoms with Crippen LogP contribution < -0.4 is 4.90 Å². The first-order valence-electron chi connectivity index (χ1n) is 5.30. The number of nitrogens with zero attached hydrogens (tertiary/aromatic N) is 4. The number of aromatic nitrogens is 2. The van der Waals surface area contributed by atoms with Crippen LogP contribution in [-0.2, 0) is 11.8 Å². The van der Waals surface area contributed by atoms with Gasteiger partial charge in [-0.15, -0.1) is 5.10 Å². The molecule has 0 fully saturated rings. The lowest BCUT2D eigenvalue weighted by Crippen LogP contribution is -2.45. The number of carbonyl (C=O) groups is 1. The fourth-order valence-electron chi connectivity index (χ4n) is 1.55. The SMILES string of the molecule is Cn1cc([N+](=O)[O-])c(N(CC(=O)O)C(C)(C)C)n1. The highest BCUT2D eigenvalue weighted by Crippen LogP contribution is 2.30. The third-order valence-corrected chi connectivity index (χ3v) is 2.35. The number of anilines is 1. The van der Waals surface area contributed by atoms with E-state index in [2.05, 4.69) is 5.10 Å². The lowest BCUT2D eigenvalue weighted by Gasteiger charge is -2.33. The second-order valence-electron chi connectivity index (χ2n) is 4.92. The molecule has 8 nitrogen and oxygen atoms in total. The van der Waals surface area contributed by atoms with Gasteiger partial charge in [0.15, 0.2) is 0 Å². The van der Waals surface area contributed by atoms with Crippen LogP contribution in [0.4, 0.5) is 11.5 Å². The summed E-state index contributed by atoms with van der Waals surface area (Å²) in [5.74, 6) is -0.998. The predicted octanol–water partition coefficient (Wildman–Crippen LogP) is 1.02. The molecule has 1 aromatic heterocycles. The minimum Gasteiger partial charge on any atom is -0.480 e. The molecule has 1 rings (SSSR count). The molecule has 0 aliphatic rings. The van der Waals surface area contributed by atoms with Crippen molar-refractivity contribution >= 4 is 17.5 Å². The molecule has 8 heteroatoms. The van der Waals surface area contributed by atoms with E-state index >= 15 is 0 Å². The van der Waals surface area contributed by atoms with Crippen LogP contribution in [0.15, 0.2) is 6.20 Å². The molecule has 1 N–H and O–H groups in total. The normalized spacial score (nSPS) is 11.3. The summed E-state index contributed by atoms with van der Waals surface area (Å²) in [5, 5.41) is 23.8. The van der Waals surface area contributed by atoms with Gasteiger partial charge in [-0.1, -0.05) is 0 Å². The van der Waals surface area contributed by atoms with E-state index in [1.807, 2.05) is 0 Å². The van der Waals surface area contributed by atoms with Crippen LogP contribution in [0.3, 0.4) is 0 Å². The van der Waals surface area contributed by atoms with Gasteiger partial charge in [-0.25, -0.2) is 0 Å². The summed E-state index contributed by atoms with van der Waals surface area (Å²) in [5.41, 5.74) is -0.786. The van der Waals surface area contributed by atoms with Gasteiger partial charge in [0.2, 0.25) is 5.82 Å². The molecule has 1 heterocycles.